The Kier molecular flexibility index (Phi) is 4.42. The molecule has 2 unspecified atom stereocenters. The van der Waals surface area contributed by atoms with Crippen molar-refractivity contribution in [2.24, 2.45) is 0 Å². The summed E-state index contributed by atoms with van der Waals surface area (Å²) in [6, 6.07) is 4.10. The highest BCUT2D eigenvalue weighted by Gasteiger charge is 2.38. The van der Waals surface area contributed by atoms with Crippen LogP contribution >= 0.6 is 11.8 Å². The molecule has 0 aliphatic heterocycles. The van der Waals surface area contributed by atoms with Gasteiger partial charge in [0.1, 0.15) is 0 Å². The summed E-state index contributed by atoms with van der Waals surface area (Å²) in [5.41, 5.74) is -0.0422. The van der Waals surface area contributed by atoms with Gasteiger partial charge in [-0.15, -0.1) is 11.8 Å². The van der Waals surface area contributed by atoms with Crippen LogP contribution in [-0.2, 0) is 0 Å². The van der Waals surface area contributed by atoms with E-state index in [9.17, 15) is 5.11 Å². The van der Waals surface area contributed by atoms with E-state index in [0.717, 1.165) is 19.4 Å². The predicted molar refractivity (Wildman–Crippen MR) is 71.2 cm³/mol. The fraction of sp³-hybridized carbons (Fsp3) is 0.615. The third-order valence-corrected chi connectivity index (χ3v) is 4.65. The molecule has 1 aromatic heterocycles. The minimum Gasteiger partial charge on any atom is -0.394 e. The molecule has 1 aliphatic rings. The van der Waals surface area contributed by atoms with Crippen LogP contribution in [0.3, 0.4) is 0 Å². The predicted octanol–water partition coefficient (Wildman–Crippen LogP) is 2.07. The molecule has 0 bridgehead atoms. The van der Waals surface area contributed by atoms with E-state index < -0.39 is 0 Å². The van der Waals surface area contributed by atoms with Crippen molar-refractivity contribution in [2.75, 3.05) is 13.2 Å². The van der Waals surface area contributed by atoms with E-state index in [1.807, 2.05) is 24.2 Å². The Balaban J connectivity index is 1.93. The van der Waals surface area contributed by atoms with Gasteiger partial charge >= 0.3 is 0 Å². The summed E-state index contributed by atoms with van der Waals surface area (Å²) in [7, 11) is 0. The van der Waals surface area contributed by atoms with E-state index in [0.29, 0.717) is 5.25 Å². The second-order valence-corrected chi connectivity index (χ2v) is 6.01. The van der Waals surface area contributed by atoms with E-state index in [2.05, 4.69) is 29.4 Å². The standard InChI is InChI=1S/C13H20N2OS/c1-2-15-13(10-16)6-3-12(9-13)17-11-4-7-14-8-5-11/h4-5,7-8,12,15-16H,2-3,6,9-10H2,1H3. The van der Waals surface area contributed by atoms with Crippen LogP contribution < -0.4 is 5.32 Å². The van der Waals surface area contributed by atoms with Gasteiger partial charge in [0.15, 0.2) is 0 Å². The fourth-order valence-electron chi connectivity index (χ4n) is 2.52. The average molecular weight is 252 g/mol. The van der Waals surface area contributed by atoms with Crippen molar-refractivity contribution in [3.63, 3.8) is 0 Å². The lowest BCUT2D eigenvalue weighted by Crippen LogP contribution is -2.46. The second-order valence-electron chi connectivity index (χ2n) is 4.63. The molecule has 3 nitrogen and oxygen atoms in total. The van der Waals surface area contributed by atoms with Gasteiger partial charge in [0.05, 0.1) is 6.61 Å². The highest BCUT2D eigenvalue weighted by atomic mass is 32.2. The van der Waals surface area contributed by atoms with Crippen molar-refractivity contribution in [3.05, 3.63) is 24.5 Å². The Morgan fingerprint density at radius 2 is 2.29 bits per heavy atom. The molecule has 1 fully saturated rings. The van der Waals surface area contributed by atoms with Crippen LogP contribution in [0, 0.1) is 0 Å². The number of rotatable bonds is 5. The smallest absolute Gasteiger partial charge is 0.0613 e. The van der Waals surface area contributed by atoms with Crippen LogP contribution in [-0.4, -0.2) is 34.0 Å². The summed E-state index contributed by atoms with van der Waals surface area (Å²) in [5.74, 6) is 0. The van der Waals surface area contributed by atoms with Crippen molar-refractivity contribution in [1.29, 1.82) is 0 Å². The maximum atomic E-state index is 9.55. The quantitative estimate of drug-likeness (QED) is 0.842. The van der Waals surface area contributed by atoms with Gasteiger partial charge < -0.3 is 10.4 Å². The van der Waals surface area contributed by atoms with Crippen molar-refractivity contribution in [3.8, 4) is 0 Å². The number of aromatic nitrogens is 1. The number of likely N-dealkylation sites (N-methyl/N-ethyl adjacent to an activating group) is 1. The number of aliphatic hydroxyl groups excluding tert-OH is 1. The molecule has 2 N–H and O–H groups in total. The first-order valence-electron chi connectivity index (χ1n) is 6.20. The Bertz CT molecular complexity index is 347. The lowest BCUT2D eigenvalue weighted by atomic mass is 9.99. The van der Waals surface area contributed by atoms with Crippen molar-refractivity contribution < 1.29 is 5.11 Å². The van der Waals surface area contributed by atoms with Gasteiger partial charge in [-0.1, -0.05) is 6.92 Å². The Labute approximate surface area is 107 Å². The summed E-state index contributed by atoms with van der Waals surface area (Å²) in [5, 5.41) is 13.6. The van der Waals surface area contributed by atoms with Gasteiger partial charge in [-0.2, -0.15) is 0 Å². The van der Waals surface area contributed by atoms with E-state index in [1.54, 1.807) is 0 Å². The second kappa shape index (κ2) is 5.85. The molecule has 17 heavy (non-hydrogen) atoms. The fourth-order valence-corrected chi connectivity index (χ4v) is 3.82. The van der Waals surface area contributed by atoms with Crippen molar-refractivity contribution >= 4 is 11.8 Å². The summed E-state index contributed by atoms with van der Waals surface area (Å²) < 4.78 is 0. The van der Waals surface area contributed by atoms with E-state index in [4.69, 9.17) is 0 Å². The highest BCUT2D eigenvalue weighted by Crippen LogP contribution is 2.39. The molecule has 1 saturated carbocycles. The zero-order valence-corrected chi connectivity index (χ0v) is 11.0. The molecule has 0 spiro atoms. The lowest BCUT2D eigenvalue weighted by Gasteiger charge is -2.28. The third kappa shape index (κ3) is 3.21. The minimum absolute atomic E-state index is 0.0422. The summed E-state index contributed by atoms with van der Waals surface area (Å²) >= 11 is 1.90. The lowest BCUT2D eigenvalue weighted by molar-refractivity contribution is 0.167. The first-order valence-corrected chi connectivity index (χ1v) is 7.08. The molecule has 0 saturated heterocycles. The number of hydrogen-bond acceptors (Lipinski definition) is 4. The summed E-state index contributed by atoms with van der Waals surface area (Å²) in [6.07, 6.45) is 6.95. The number of nitrogens with zero attached hydrogens (tertiary/aromatic N) is 1. The van der Waals surface area contributed by atoms with Crippen LogP contribution in [0.4, 0.5) is 0 Å². The van der Waals surface area contributed by atoms with Crippen LogP contribution in [0.15, 0.2) is 29.4 Å². The summed E-state index contributed by atoms with van der Waals surface area (Å²) in [4.78, 5) is 5.30. The topological polar surface area (TPSA) is 45.1 Å². The average Bonchev–Trinajstić information content (AvgIpc) is 2.75. The minimum atomic E-state index is -0.0422. The van der Waals surface area contributed by atoms with Crippen LogP contribution in [0.5, 0.6) is 0 Å². The molecule has 2 atom stereocenters. The largest absolute Gasteiger partial charge is 0.394 e. The van der Waals surface area contributed by atoms with Gasteiger partial charge in [-0.05, 0) is 37.9 Å². The SMILES string of the molecule is CCNC1(CO)CCC(Sc2ccncc2)C1. The number of nitrogens with one attached hydrogen (secondary N) is 1. The van der Waals surface area contributed by atoms with Gasteiger partial charge in [0, 0.05) is 28.1 Å². The summed E-state index contributed by atoms with van der Waals surface area (Å²) in [6.45, 7) is 3.27. The Hall–Kier alpha value is -0.580. The number of aliphatic hydroxyl groups is 1. The van der Waals surface area contributed by atoms with Crippen molar-refractivity contribution in [1.82, 2.24) is 10.3 Å². The van der Waals surface area contributed by atoms with E-state index in [-0.39, 0.29) is 12.1 Å². The van der Waals surface area contributed by atoms with Crippen LogP contribution in [0.25, 0.3) is 0 Å². The number of thioether (sulfide) groups is 1. The van der Waals surface area contributed by atoms with Crippen LogP contribution in [0.1, 0.15) is 26.2 Å². The van der Waals surface area contributed by atoms with Crippen LogP contribution in [0.2, 0.25) is 0 Å². The Morgan fingerprint density at radius 3 is 2.94 bits per heavy atom. The number of hydrogen-bond donors (Lipinski definition) is 2. The van der Waals surface area contributed by atoms with E-state index in [1.165, 1.54) is 11.3 Å². The molecule has 0 radical (unpaired) electrons. The molecular formula is C13H20N2OS. The first kappa shape index (κ1) is 12.9. The number of pyridine rings is 1. The molecular weight excluding hydrogens is 232 g/mol. The molecule has 2 rings (SSSR count). The van der Waals surface area contributed by atoms with Gasteiger partial charge in [-0.3, -0.25) is 4.98 Å². The monoisotopic (exact) mass is 252 g/mol. The molecule has 1 aliphatic carbocycles. The molecule has 1 aromatic rings. The van der Waals surface area contributed by atoms with Gasteiger partial charge in [0.2, 0.25) is 0 Å². The molecule has 0 amide bonds. The van der Waals surface area contributed by atoms with E-state index >= 15 is 0 Å². The molecule has 94 valence electrons. The third-order valence-electron chi connectivity index (χ3n) is 3.37. The normalized spacial score (nSPS) is 28.5. The maximum absolute atomic E-state index is 9.55. The van der Waals surface area contributed by atoms with Gasteiger partial charge in [-0.25, -0.2) is 0 Å². The molecule has 4 heteroatoms. The van der Waals surface area contributed by atoms with Crippen molar-refractivity contribution in [2.45, 2.75) is 41.9 Å². The van der Waals surface area contributed by atoms with Gasteiger partial charge in [0.25, 0.3) is 0 Å². The molecule has 0 aromatic carbocycles. The maximum Gasteiger partial charge on any atom is 0.0613 e. The zero-order valence-electron chi connectivity index (χ0n) is 10.2. The zero-order chi connectivity index (χ0) is 12.1. The molecule has 1 heterocycles. The highest BCUT2D eigenvalue weighted by molar-refractivity contribution is 8.00. The Morgan fingerprint density at radius 1 is 1.53 bits per heavy atom. The first-order chi connectivity index (χ1) is 8.28.